The lowest BCUT2D eigenvalue weighted by atomic mass is 9.89. The highest BCUT2D eigenvalue weighted by Gasteiger charge is 2.27. The van der Waals surface area contributed by atoms with Crippen molar-refractivity contribution in [1.82, 2.24) is 14.8 Å². The van der Waals surface area contributed by atoms with Gasteiger partial charge < -0.3 is 14.7 Å². The van der Waals surface area contributed by atoms with Crippen LogP contribution in [0.1, 0.15) is 20.8 Å². The first-order valence-electron chi connectivity index (χ1n) is 8.07. The van der Waals surface area contributed by atoms with E-state index >= 15 is 0 Å². The minimum absolute atomic E-state index is 0.00938. The van der Waals surface area contributed by atoms with Gasteiger partial charge >= 0.3 is 0 Å². The summed E-state index contributed by atoms with van der Waals surface area (Å²) in [6, 6.07) is 3.56. The lowest BCUT2D eigenvalue weighted by Crippen LogP contribution is -2.52. The lowest BCUT2D eigenvalue weighted by molar-refractivity contribution is -0.135. The number of hydrogen-bond acceptors (Lipinski definition) is 5. The van der Waals surface area contributed by atoms with Crippen molar-refractivity contribution < 1.29 is 14.6 Å². The zero-order chi connectivity index (χ0) is 16.9. The summed E-state index contributed by atoms with van der Waals surface area (Å²) in [6.07, 6.45) is 2.90. The summed E-state index contributed by atoms with van der Waals surface area (Å²) in [5.41, 5.74) is -0.121. The molecule has 2 heterocycles. The smallest absolute Gasteiger partial charge is 0.260 e. The first kappa shape index (κ1) is 17.7. The SMILES string of the molecule is CC(C)(C)C(O)CN1CCN(C(=O)COc2cccnc2)CC1. The molecule has 0 bridgehead atoms. The molecule has 1 atom stereocenters. The van der Waals surface area contributed by atoms with Crippen LogP contribution in [0, 0.1) is 5.41 Å². The monoisotopic (exact) mass is 321 g/mol. The highest BCUT2D eigenvalue weighted by Crippen LogP contribution is 2.20. The maximum Gasteiger partial charge on any atom is 0.260 e. The van der Waals surface area contributed by atoms with Gasteiger partial charge in [-0.25, -0.2) is 0 Å². The number of aromatic nitrogens is 1. The quantitative estimate of drug-likeness (QED) is 0.877. The van der Waals surface area contributed by atoms with Crippen LogP contribution in [0.3, 0.4) is 0 Å². The van der Waals surface area contributed by atoms with Gasteiger partial charge in [-0.3, -0.25) is 14.7 Å². The average Bonchev–Trinajstić information content (AvgIpc) is 2.53. The summed E-state index contributed by atoms with van der Waals surface area (Å²) in [7, 11) is 0. The molecule has 1 aromatic rings. The molecule has 6 nitrogen and oxygen atoms in total. The summed E-state index contributed by atoms with van der Waals surface area (Å²) in [5.74, 6) is 0.595. The molecule has 0 spiro atoms. The van der Waals surface area contributed by atoms with E-state index in [9.17, 15) is 9.90 Å². The van der Waals surface area contributed by atoms with E-state index in [1.165, 1.54) is 0 Å². The predicted octanol–water partition coefficient (Wildman–Crippen LogP) is 1.01. The second kappa shape index (κ2) is 7.75. The Morgan fingerprint density at radius 1 is 1.35 bits per heavy atom. The van der Waals surface area contributed by atoms with Gasteiger partial charge in [-0.05, 0) is 17.5 Å². The third kappa shape index (κ3) is 5.48. The molecular formula is C17H27N3O3. The molecule has 0 aliphatic carbocycles. The van der Waals surface area contributed by atoms with Crippen LogP contribution in [0.4, 0.5) is 0 Å². The van der Waals surface area contributed by atoms with Gasteiger partial charge in [-0.1, -0.05) is 20.8 Å². The molecule has 1 fully saturated rings. The number of carbonyl (C=O) groups is 1. The molecule has 0 saturated carbocycles. The van der Waals surface area contributed by atoms with Gasteiger partial charge in [-0.2, -0.15) is 0 Å². The Morgan fingerprint density at radius 3 is 2.61 bits per heavy atom. The molecular weight excluding hydrogens is 294 g/mol. The van der Waals surface area contributed by atoms with E-state index in [0.717, 1.165) is 13.1 Å². The van der Waals surface area contributed by atoms with Crippen LogP contribution >= 0.6 is 0 Å². The van der Waals surface area contributed by atoms with E-state index in [2.05, 4.69) is 9.88 Å². The number of pyridine rings is 1. The molecule has 0 aromatic carbocycles. The van der Waals surface area contributed by atoms with Gasteiger partial charge in [0, 0.05) is 38.9 Å². The number of aliphatic hydroxyl groups excluding tert-OH is 1. The van der Waals surface area contributed by atoms with Crippen molar-refractivity contribution in [1.29, 1.82) is 0 Å². The molecule has 1 aliphatic rings. The van der Waals surface area contributed by atoms with Crippen molar-refractivity contribution in [2.75, 3.05) is 39.3 Å². The Morgan fingerprint density at radius 2 is 2.04 bits per heavy atom. The molecule has 23 heavy (non-hydrogen) atoms. The van der Waals surface area contributed by atoms with Crippen molar-refractivity contribution in [2.24, 2.45) is 5.41 Å². The Kier molecular flexibility index (Phi) is 5.96. The number of piperazine rings is 1. The Bertz CT molecular complexity index is 494. The van der Waals surface area contributed by atoms with Crippen LogP contribution in [0.5, 0.6) is 5.75 Å². The standard InChI is InChI=1S/C17H27N3O3/c1-17(2,3)15(21)12-19-7-9-20(10-8-19)16(22)13-23-14-5-4-6-18-11-14/h4-6,11,15,21H,7-10,12-13H2,1-3H3. The summed E-state index contributed by atoms with van der Waals surface area (Å²) >= 11 is 0. The first-order valence-corrected chi connectivity index (χ1v) is 8.07. The molecule has 6 heteroatoms. The molecule has 1 saturated heterocycles. The number of aliphatic hydroxyl groups is 1. The first-order chi connectivity index (χ1) is 10.9. The van der Waals surface area contributed by atoms with E-state index in [-0.39, 0.29) is 24.0 Å². The van der Waals surface area contributed by atoms with Gasteiger partial charge in [0.15, 0.2) is 6.61 Å². The number of amides is 1. The van der Waals surface area contributed by atoms with Crippen molar-refractivity contribution >= 4 is 5.91 Å². The minimum Gasteiger partial charge on any atom is -0.482 e. The minimum atomic E-state index is -0.362. The highest BCUT2D eigenvalue weighted by molar-refractivity contribution is 5.77. The zero-order valence-corrected chi connectivity index (χ0v) is 14.2. The summed E-state index contributed by atoms with van der Waals surface area (Å²) < 4.78 is 5.45. The number of carbonyl (C=O) groups excluding carboxylic acids is 1. The van der Waals surface area contributed by atoms with Crippen LogP contribution in [0.15, 0.2) is 24.5 Å². The van der Waals surface area contributed by atoms with Crippen LogP contribution in [-0.2, 0) is 4.79 Å². The normalized spacial score (nSPS) is 17.8. The molecule has 1 aromatic heterocycles. The summed E-state index contributed by atoms with van der Waals surface area (Å²) in [5, 5.41) is 10.2. The second-order valence-electron chi connectivity index (χ2n) is 7.04. The van der Waals surface area contributed by atoms with Crippen LogP contribution in [-0.4, -0.2) is 71.2 Å². The number of β-amino-alcohol motifs (C(OH)–C–C–N with tert-alkyl or cyclic N) is 1. The largest absolute Gasteiger partial charge is 0.482 e. The van der Waals surface area contributed by atoms with Crippen LogP contribution in [0.25, 0.3) is 0 Å². The predicted molar refractivity (Wildman–Crippen MR) is 88.2 cm³/mol. The van der Waals surface area contributed by atoms with Crippen molar-refractivity contribution in [3.8, 4) is 5.75 Å². The van der Waals surface area contributed by atoms with Gasteiger partial charge in [0.2, 0.25) is 0 Å². The second-order valence-corrected chi connectivity index (χ2v) is 7.04. The van der Waals surface area contributed by atoms with Gasteiger partial charge in [0.1, 0.15) is 5.75 Å². The van der Waals surface area contributed by atoms with Crippen molar-refractivity contribution in [3.63, 3.8) is 0 Å². The average molecular weight is 321 g/mol. The fraction of sp³-hybridized carbons (Fsp3) is 0.647. The van der Waals surface area contributed by atoms with E-state index in [0.29, 0.717) is 25.4 Å². The Hall–Kier alpha value is -1.66. The summed E-state index contributed by atoms with van der Waals surface area (Å²) in [6.45, 7) is 9.71. The molecule has 2 rings (SSSR count). The fourth-order valence-electron chi connectivity index (χ4n) is 2.37. The summed E-state index contributed by atoms with van der Waals surface area (Å²) in [4.78, 5) is 20.2. The van der Waals surface area contributed by atoms with Crippen molar-refractivity contribution in [2.45, 2.75) is 26.9 Å². The van der Waals surface area contributed by atoms with E-state index in [1.54, 1.807) is 24.5 Å². The van der Waals surface area contributed by atoms with Gasteiger partial charge in [0.05, 0.1) is 12.3 Å². The van der Waals surface area contributed by atoms with E-state index in [4.69, 9.17) is 4.74 Å². The topological polar surface area (TPSA) is 65.9 Å². The van der Waals surface area contributed by atoms with Gasteiger partial charge in [0.25, 0.3) is 5.91 Å². The zero-order valence-electron chi connectivity index (χ0n) is 14.2. The molecule has 128 valence electrons. The molecule has 1 N–H and O–H groups in total. The fourth-order valence-corrected chi connectivity index (χ4v) is 2.37. The van der Waals surface area contributed by atoms with E-state index in [1.807, 2.05) is 25.7 Å². The maximum atomic E-state index is 12.2. The van der Waals surface area contributed by atoms with Crippen LogP contribution < -0.4 is 4.74 Å². The van der Waals surface area contributed by atoms with Crippen molar-refractivity contribution in [3.05, 3.63) is 24.5 Å². The van der Waals surface area contributed by atoms with E-state index < -0.39 is 0 Å². The lowest BCUT2D eigenvalue weighted by Gasteiger charge is -2.37. The number of nitrogens with zero attached hydrogens (tertiary/aromatic N) is 3. The number of hydrogen-bond donors (Lipinski definition) is 1. The Labute approximate surface area is 138 Å². The maximum absolute atomic E-state index is 12.2. The van der Waals surface area contributed by atoms with Crippen LogP contribution in [0.2, 0.25) is 0 Å². The Balaban J connectivity index is 1.72. The third-order valence-corrected chi connectivity index (χ3v) is 4.15. The highest BCUT2D eigenvalue weighted by atomic mass is 16.5. The van der Waals surface area contributed by atoms with Gasteiger partial charge in [-0.15, -0.1) is 0 Å². The molecule has 1 aliphatic heterocycles. The number of ether oxygens (including phenoxy) is 1. The molecule has 1 amide bonds. The number of rotatable bonds is 5. The molecule has 0 radical (unpaired) electrons. The third-order valence-electron chi connectivity index (χ3n) is 4.15. The molecule has 1 unspecified atom stereocenters.